The number of para-hydroxylation sites is 2. The molecule has 2 N–H and O–H groups in total. The summed E-state index contributed by atoms with van der Waals surface area (Å²) in [4.78, 5) is 0. The number of hydrogen-bond donors (Lipinski definition) is 1. The van der Waals surface area contributed by atoms with E-state index in [-0.39, 0.29) is 0 Å². The molecule has 0 amide bonds. The van der Waals surface area contributed by atoms with E-state index >= 15 is 0 Å². The van der Waals surface area contributed by atoms with E-state index in [4.69, 9.17) is 10.5 Å². The Morgan fingerprint density at radius 3 is 2.42 bits per heavy atom. The molecule has 0 saturated heterocycles. The van der Waals surface area contributed by atoms with Crippen LogP contribution in [0.15, 0.2) is 66.7 Å². The maximum Gasteiger partial charge on any atom is 0.142 e. The van der Waals surface area contributed by atoms with Gasteiger partial charge in [0.25, 0.3) is 0 Å². The molecule has 0 bridgehead atoms. The Labute approximate surface area is 112 Å². The van der Waals surface area contributed by atoms with E-state index in [2.05, 4.69) is 30.3 Å². The minimum Gasteiger partial charge on any atom is -0.487 e. The van der Waals surface area contributed by atoms with Crippen molar-refractivity contribution >= 4 is 16.5 Å². The Kier molecular flexibility index (Phi) is 3.07. The van der Waals surface area contributed by atoms with Crippen LogP contribution in [0.4, 0.5) is 5.69 Å². The van der Waals surface area contributed by atoms with Gasteiger partial charge in [0, 0.05) is 0 Å². The van der Waals surface area contributed by atoms with Crippen LogP contribution in [0.1, 0.15) is 5.56 Å². The van der Waals surface area contributed by atoms with Gasteiger partial charge in [0.05, 0.1) is 5.69 Å². The standard InChI is InChI=1S/C17H15NO/c18-16-10-3-4-11-17(16)19-12-14-8-5-7-13-6-1-2-9-15(13)14/h1-11H,12,18H2. The molecule has 0 aromatic heterocycles. The molecule has 0 spiro atoms. The lowest BCUT2D eigenvalue weighted by Crippen LogP contribution is -1.99. The van der Waals surface area contributed by atoms with Crippen molar-refractivity contribution in [3.8, 4) is 5.75 Å². The van der Waals surface area contributed by atoms with Gasteiger partial charge in [0.2, 0.25) is 0 Å². The van der Waals surface area contributed by atoms with Gasteiger partial charge in [-0.05, 0) is 28.5 Å². The summed E-state index contributed by atoms with van der Waals surface area (Å²) in [6.07, 6.45) is 0. The molecule has 2 nitrogen and oxygen atoms in total. The van der Waals surface area contributed by atoms with Crippen LogP contribution in [0.2, 0.25) is 0 Å². The molecule has 3 aromatic carbocycles. The molecular formula is C17H15NO. The van der Waals surface area contributed by atoms with Crippen molar-refractivity contribution in [3.63, 3.8) is 0 Å². The first-order valence-electron chi connectivity index (χ1n) is 6.28. The fraction of sp³-hybridized carbons (Fsp3) is 0.0588. The molecular weight excluding hydrogens is 234 g/mol. The predicted octanol–water partition coefficient (Wildman–Crippen LogP) is 4.00. The lowest BCUT2D eigenvalue weighted by molar-refractivity contribution is 0.309. The van der Waals surface area contributed by atoms with Gasteiger partial charge in [-0.1, -0.05) is 54.6 Å². The third-order valence-corrected chi connectivity index (χ3v) is 3.18. The number of hydrogen-bond acceptors (Lipinski definition) is 2. The topological polar surface area (TPSA) is 35.2 Å². The van der Waals surface area contributed by atoms with E-state index in [1.54, 1.807) is 0 Å². The average molecular weight is 249 g/mol. The van der Waals surface area contributed by atoms with Crippen LogP contribution in [0.3, 0.4) is 0 Å². The van der Waals surface area contributed by atoms with E-state index < -0.39 is 0 Å². The molecule has 0 aliphatic heterocycles. The van der Waals surface area contributed by atoms with Crippen molar-refractivity contribution < 1.29 is 4.74 Å². The van der Waals surface area contributed by atoms with Crippen molar-refractivity contribution in [1.82, 2.24) is 0 Å². The van der Waals surface area contributed by atoms with Gasteiger partial charge < -0.3 is 10.5 Å². The van der Waals surface area contributed by atoms with E-state index in [1.165, 1.54) is 16.3 Å². The summed E-state index contributed by atoms with van der Waals surface area (Å²) >= 11 is 0. The molecule has 94 valence electrons. The van der Waals surface area contributed by atoms with E-state index in [0.717, 1.165) is 5.75 Å². The molecule has 0 atom stereocenters. The van der Waals surface area contributed by atoms with Crippen molar-refractivity contribution in [1.29, 1.82) is 0 Å². The number of benzene rings is 3. The summed E-state index contributed by atoms with van der Waals surface area (Å²) in [6, 6.07) is 22.1. The summed E-state index contributed by atoms with van der Waals surface area (Å²) in [5.41, 5.74) is 7.71. The molecule has 0 aliphatic rings. The second-order valence-electron chi connectivity index (χ2n) is 4.46. The van der Waals surface area contributed by atoms with Crippen molar-refractivity contribution in [3.05, 3.63) is 72.3 Å². The zero-order valence-electron chi connectivity index (χ0n) is 10.5. The van der Waals surface area contributed by atoms with Crippen LogP contribution in [0, 0.1) is 0 Å². The predicted molar refractivity (Wildman–Crippen MR) is 79.1 cm³/mol. The molecule has 0 aliphatic carbocycles. The van der Waals surface area contributed by atoms with Crippen LogP contribution in [0.25, 0.3) is 10.8 Å². The Morgan fingerprint density at radius 1 is 0.789 bits per heavy atom. The molecule has 19 heavy (non-hydrogen) atoms. The average Bonchev–Trinajstić information content (AvgIpc) is 2.46. The number of fused-ring (bicyclic) bond motifs is 1. The molecule has 0 heterocycles. The highest BCUT2D eigenvalue weighted by atomic mass is 16.5. The first kappa shape index (κ1) is 11.6. The molecule has 0 fully saturated rings. The number of ether oxygens (including phenoxy) is 1. The Morgan fingerprint density at radius 2 is 1.53 bits per heavy atom. The maximum atomic E-state index is 5.87. The molecule has 3 rings (SSSR count). The van der Waals surface area contributed by atoms with E-state index in [0.29, 0.717) is 12.3 Å². The second kappa shape index (κ2) is 5.02. The normalized spacial score (nSPS) is 10.5. The van der Waals surface area contributed by atoms with Crippen molar-refractivity contribution in [2.45, 2.75) is 6.61 Å². The summed E-state index contributed by atoms with van der Waals surface area (Å²) in [6.45, 7) is 0.523. The SMILES string of the molecule is Nc1ccccc1OCc1cccc2ccccc12. The van der Waals surface area contributed by atoms with Gasteiger partial charge in [0.1, 0.15) is 12.4 Å². The molecule has 0 saturated carbocycles. The minimum atomic E-state index is 0.523. The number of anilines is 1. The third kappa shape index (κ3) is 2.38. The van der Waals surface area contributed by atoms with Gasteiger partial charge >= 0.3 is 0 Å². The van der Waals surface area contributed by atoms with Crippen LogP contribution in [0.5, 0.6) is 5.75 Å². The highest BCUT2D eigenvalue weighted by molar-refractivity contribution is 5.85. The number of rotatable bonds is 3. The maximum absolute atomic E-state index is 5.87. The Hall–Kier alpha value is -2.48. The van der Waals surface area contributed by atoms with E-state index in [1.807, 2.05) is 36.4 Å². The van der Waals surface area contributed by atoms with E-state index in [9.17, 15) is 0 Å². The summed E-state index contributed by atoms with van der Waals surface area (Å²) in [7, 11) is 0. The van der Waals surface area contributed by atoms with Gasteiger partial charge in [-0.15, -0.1) is 0 Å². The molecule has 0 unspecified atom stereocenters. The zero-order chi connectivity index (χ0) is 13.1. The minimum absolute atomic E-state index is 0.523. The second-order valence-corrected chi connectivity index (χ2v) is 4.46. The van der Waals surface area contributed by atoms with Gasteiger partial charge in [-0.25, -0.2) is 0 Å². The number of nitrogens with two attached hydrogens (primary N) is 1. The van der Waals surface area contributed by atoms with Gasteiger partial charge in [-0.2, -0.15) is 0 Å². The smallest absolute Gasteiger partial charge is 0.142 e. The fourth-order valence-corrected chi connectivity index (χ4v) is 2.19. The first-order valence-corrected chi connectivity index (χ1v) is 6.28. The lowest BCUT2D eigenvalue weighted by atomic mass is 10.1. The van der Waals surface area contributed by atoms with Gasteiger partial charge in [0.15, 0.2) is 0 Å². The Bertz CT molecular complexity index is 701. The van der Waals surface area contributed by atoms with Crippen LogP contribution < -0.4 is 10.5 Å². The Balaban J connectivity index is 1.88. The highest BCUT2D eigenvalue weighted by Crippen LogP contribution is 2.23. The largest absolute Gasteiger partial charge is 0.487 e. The summed E-state index contributed by atoms with van der Waals surface area (Å²) in [5.74, 6) is 0.732. The monoisotopic (exact) mass is 249 g/mol. The fourth-order valence-electron chi connectivity index (χ4n) is 2.19. The third-order valence-electron chi connectivity index (χ3n) is 3.18. The summed E-state index contributed by atoms with van der Waals surface area (Å²) < 4.78 is 5.81. The number of nitrogen functional groups attached to an aromatic ring is 1. The van der Waals surface area contributed by atoms with Crippen LogP contribution >= 0.6 is 0 Å². The van der Waals surface area contributed by atoms with Crippen LogP contribution in [-0.2, 0) is 6.61 Å². The molecule has 0 radical (unpaired) electrons. The van der Waals surface area contributed by atoms with Gasteiger partial charge in [-0.3, -0.25) is 0 Å². The first-order chi connectivity index (χ1) is 9.34. The van der Waals surface area contributed by atoms with Crippen molar-refractivity contribution in [2.75, 3.05) is 5.73 Å². The van der Waals surface area contributed by atoms with Crippen LogP contribution in [-0.4, -0.2) is 0 Å². The molecule has 2 heteroatoms. The quantitative estimate of drug-likeness (QED) is 0.712. The summed E-state index contributed by atoms with van der Waals surface area (Å²) in [5, 5.41) is 2.45. The molecule has 3 aromatic rings. The lowest BCUT2D eigenvalue weighted by Gasteiger charge is -2.10. The highest BCUT2D eigenvalue weighted by Gasteiger charge is 2.03. The zero-order valence-corrected chi connectivity index (χ0v) is 10.5. The van der Waals surface area contributed by atoms with Crippen molar-refractivity contribution in [2.24, 2.45) is 0 Å².